The molecule has 0 fully saturated rings. The van der Waals surface area contributed by atoms with Crippen molar-refractivity contribution in [1.82, 2.24) is 9.97 Å². The number of nitrogens with zero attached hydrogens (tertiary/aromatic N) is 2. The minimum atomic E-state index is 0.323. The molecule has 0 atom stereocenters. The quantitative estimate of drug-likeness (QED) is 0.574. The molecule has 106 valence electrons. The van der Waals surface area contributed by atoms with Crippen molar-refractivity contribution < 1.29 is 4.74 Å². The van der Waals surface area contributed by atoms with Gasteiger partial charge in [0.05, 0.1) is 0 Å². The Morgan fingerprint density at radius 1 is 1.25 bits per heavy atom. The minimum Gasteiger partial charge on any atom is -0.377 e. The first-order valence-electron chi connectivity index (χ1n) is 5.99. The second-order valence-corrected chi connectivity index (χ2v) is 5.13. The Kier molecular flexibility index (Phi) is 4.89. The molecule has 20 heavy (non-hydrogen) atoms. The van der Waals surface area contributed by atoms with Crippen LogP contribution < -0.4 is 16.6 Å². The van der Waals surface area contributed by atoms with Gasteiger partial charge < -0.3 is 15.5 Å². The first kappa shape index (κ1) is 14.7. The molecule has 0 aliphatic heterocycles. The standard InChI is InChI=1S/C13H16BrN5O/c1-8-5-9(14)3-4-10(8)16-11-6-12(19-15)18-13(17-11)7-20-2/h3-6H,7,15H2,1-2H3,(H2,16,17,18,19). The van der Waals surface area contributed by atoms with E-state index in [9.17, 15) is 0 Å². The number of halogens is 1. The van der Waals surface area contributed by atoms with Crippen LogP contribution in [0.15, 0.2) is 28.7 Å². The van der Waals surface area contributed by atoms with E-state index in [0.717, 1.165) is 15.7 Å². The van der Waals surface area contributed by atoms with E-state index < -0.39 is 0 Å². The van der Waals surface area contributed by atoms with Gasteiger partial charge in [-0.05, 0) is 30.7 Å². The van der Waals surface area contributed by atoms with Crippen molar-refractivity contribution in [3.63, 3.8) is 0 Å². The van der Waals surface area contributed by atoms with Gasteiger partial charge >= 0.3 is 0 Å². The summed E-state index contributed by atoms with van der Waals surface area (Å²) in [7, 11) is 1.60. The number of hydrogen-bond acceptors (Lipinski definition) is 6. The van der Waals surface area contributed by atoms with E-state index in [2.05, 4.69) is 36.6 Å². The second kappa shape index (κ2) is 6.65. The SMILES string of the molecule is COCc1nc(NN)cc(Nc2ccc(Br)cc2C)n1. The lowest BCUT2D eigenvalue weighted by Gasteiger charge is -2.11. The summed E-state index contributed by atoms with van der Waals surface area (Å²) in [5.41, 5.74) is 4.60. The molecule has 0 unspecified atom stereocenters. The normalized spacial score (nSPS) is 10.4. The van der Waals surface area contributed by atoms with Crippen molar-refractivity contribution in [3.05, 3.63) is 40.1 Å². The number of ether oxygens (including phenoxy) is 1. The van der Waals surface area contributed by atoms with E-state index in [-0.39, 0.29) is 0 Å². The van der Waals surface area contributed by atoms with Crippen molar-refractivity contribution in [2.45, 2.75) is 13.5 Å². The van der Waals surface area contributed by atoms with Gasteiger partial charge in [0.2, 0.25) is 0 Å². The van der Waals surface area contributed by atoms with E-state index in [1.165, 1.54) is 0 Å². The van der Waals surface area contributed by atoms with Crippen LogP contribution in [0.5, 0.6) is 0 Å². The molecular weight excluding hydrogens is 322 g/mol. The third kappa shape index (κ3) is 3.66. The van der Waals surface area contributed by atoms with Crippen LogP contribution in [0.1, 0.15) is 11.4 Å². The molecule has 6 nitrogen and oxygen atoms in total. The lowest BCUT2D eigenvalue weighted by Crippen LogP contribution is -2.12. The van der Waals surface area contributed by atoms with Crippen molar-refractivity contribution in [2.24, 2.45) is 5.84 Å². The van der Waals surface area contributed by atoms with E-state index in [1.54, 1.807) is 13.2 Å². The van der Waals surface area contributed by atoms with Gasteiger partial charge in [-0.2, -0.15) is 0 Å². The number of nitrogens with one attached hydrogen (secondary N) is 2. The van der Waals surface area contributed by atoms with Crippen LogP contribution in [-0.2, 0) is 11.3 Å². The van der Waals surface area contributed by atoms with E-state index >= 15 is 0 Å². The van der Waals surface area contributed by atoms with Crippen molar-refractivity contribution in [2.75, 3.05) is 17.9 Å². The summed E-state index contributed by atoms with van der Waals surface area (Å²) in [5, 5.41) is 3.25. The molecule has 2 aromatic rings. The average molecular weight is 338 g/mol. The van der Waals surface area contributed by atoms with Crippen LogP contribution in [0.2, 0.25) is 0 Å². The number of aryl methyl sites for hydroxylation is 1. The zero-order valence-corrected chi connectivity index (χ0v) is 12.9. The fraction of sp³-hybridized carbons (Fsp3) is 0.231. The topological polar surface area (TPSA) is 85.1 Å². The van der Waals surface area contributed by atoms with Gasteiger partial charge in [-0.1, -0.05) is 15.9 Å². The Hall–Kier alpha value is -1.70. The molecule has 0 bridgehead atoms. The molecule has 1 aromatic carbocycles. The maximum Gasteiger partial charge on any atom is 0.158 e. The molecule has 4 N–H and O–H groups in total. The van der Waals surface area contributed by atoms with Crippen molar-refractivity contribution in [1.29, 1.82) is 0 Å². The molecule has 0 spiro atoms. The molecular formula is C13H16BrN5O. The smallest absolute Gasteiger partial charge is 0.158 e. The molecule has 0 radical (unpaired) electrons. The number of anilines is 3. The fourth-order valence-electron chi connectivity index (χ4n) is 1.73. The van der Waals surface area contributed by atoms with Crippen LogP contribution in [0.3, 0.4) is 0 Å². The molecule has 1 aromatic heterocycles. The number of nitrogen functional groups attached to an aromatic ring is 1. The summed E-state index contributed by atoms with van der Waals surface area (Å²) >= 11 is 3.44. The molecule has 1 heterocycles. The summed E-state index contributed by atoms with van der Waals surface area (Å²) in [4.78, 5) is 8.58. The van der Waals surface area contributed by atoms with Crippen LogP contribution in [0.4, 0.5) is 17.3 Å². The van der Waals surface area contributed by atoms with Crippen molar-refractivity contribution >= 4 is 33.3 Å². The highest BCUT2D eigenvalue weighted by molar-refractivity contribution is 9.10. The molecule has 0 aliphatic rings. The number of hydrogen-bond donors (Lipinski definition) is 3. The minimum absolute atomic E-state index is 0.323. The average Bonchev–Trinajstić information content (AvgIpc) is 2.42. The van der Waals surface area contributed by atoms with E-state index in [1.807, 2.05) is 25.1 Å². The number of hydrazine groups is 1. The third-order valence-corrected chi connectivity index (χ3v) is 3.14. The Balaban J connectivity index is 2.29. The Labute approximate surface area is 125 Å². The van der Waals surface area contributed by atoms with Gasteiger partial charge in [0.25, 0.3) is 0 Å². The Morgan fingerprint density at radius 2 is 2.00 bits per heavy atom. The van der Waals surface area contributed by atoms with E-state index in [4.69, 9.17) is 10.6 Å². The Bertz CT molecular complexity index is 605. The number of nitrogens with two attached hydrogens (primary N) is 1. The number of aromatic nitrogens is 2. The zero-order chi connectivity index (χ0) is 14.5. The van der Waals surface area contributed by atoms with E-state index in [0.29, 0.717) is 24.1 Å². The highest BCUT2D eigenvalue weighted by atomic mass is 79.9. The fourth-order valence-corrected chi connectivity index (χ4v) is 2.21. The highest BCUT2D eigenvalue weighted by Gasteiger charge is 2.06. The van der Waals surface area contributed by atoms with Crippen LogP contribution >= 0.6 is 15.9 Å². The number of benzene rings is 1. The molecule has 2 rings (SSSR count). The summed E-state index contributed by atoms with van der Waals surface area (Å²) in [6, 6.07) is 7.71. The van der Waals surface area contributed by atoms with Crippen LogP contribution in [0, 0.1) is 6.92 Å². The molecule has 7 heteroatoms. The second-order valence-electron chi connectivity index (χ2n) is 4.22. The van der Waals surface area contributed by atoms with Crippen LogP contribution in [-0.4, -0.2) is 17.1 Å². The van der Waals surface area contributed by atoms with Crippen LogP contribution in [0.25, 0.3) is 0 Å². The molecule has 0 amide bonds. The summed E-state index contributed by atoms with van der Waals surface area (Å²) in [6.45, 7) is 2.34. The summed E-state index contributed by atoms with van der Waals surface area (Å²) in [6.07, 6.45) is 0. The van der Waals surface area contributed by atoms with Gasteiger partial charge in [0.1, 0.15) is 18.2 Å². The number of rotatable bonds is 5. The molecule has 0 saturated carbocycles. The Morgan fingerprint density at radius 3 is 2.65 bits per heavy atom. The number of methoxy groups -OCH3 is 1. The predicted octanol–water partition coefficient (Wildman–Crippen LogP) is 2.72. The first-order chi connectivity index (χ1) is 9.62. The van der Waals surface area contributed by atoms with Gasteiger partial charge in [-0.25, -0.2) is 15.8 Å². The lowest BCUT2D eigenvalue weighted by atomic mass is 10.2. The third-order valence-electron chi connectivity index (χ3n) is 2.64. The lowest BCUT2D eigenvalue weighted by molar-refractivity contribution is 0.178. The molecule has 0 saturated heterocycles. The summed E-state index contributed by atoms with van der Waals surface area (Å²) < 4.78 is 6.08. The molecule has 0 aliphatic carbocycles. The van der Waals surface area contributed by atoms with Gasteiger partial charge in [-0.3, -0.25) is 0 Å². The zero-order valence-electron chi connectivity index (χ0n) is 11.3. The van der Waals surface area contributed by atoms with Gasteiger partial charge in [0, 0.05) is 23.3 Å². The summed E-state index contributed by atoms with van der Waals surface area (Å²) in [5.74, 6) is 7.16. The maximum atomic E-state index is 5.41. The first-order valence-corrected chi connectivity index (χ1v) is 6.78. The van der Waals surface area contributed by atoms with Gasteiger partial charge in [-0.15, -0.1) is 0 Å². The monoisotopic (exact) mass is 337 g/mol. The van der Waals surface area contributed by atoms with Crippen molar-refractivity contribution in [3.8, 4) is 0 Å². The highest BCUT2D eigenvalue weighted by Crippen LogP contribution is 2.23. The maximum absolute atomic E-state index is 5.41. The largest absolute Gasteiger partial charge is 0.377 e. The predicted molar refractivity (Wildman–Crippen MR) is 82.7 cm³/mol. The van der Waals surface area contributed by atoms with Gasteiger partial charge in [0.15, 0.2) is 5.82 Å².